The number of ether oxygens (including phenoxy) is 1. The largest absolute Gasteiger partial charge is 0.481 e. The summed E-state index contributed by atoms with van der Waals surface area (Å²) in [4.78, 5) is 14.3. The Morgan fingerprint density at radius 1 is 1.62 bits per heavy atom. The molecule has 0 amide bonds. The second-order valence-corrected chi connectivity index (χ2v) is 3.19. The predicted octanol–water partition coefficient (Wildman–Crippen LogP) is 1.96. The molecule has 0 fully saturated rings. The first-order valence-electron chi connectivity index (χ1n) is 4.50. The zero-order chi connectivity index (χ0) is 12.3. The summed E-state index contributed by atoms with van der Waals surface area (Å²) in [5.74, 6) is -1.03. The number of rotatable bonds is 4. The smallest absolute Gasteiger partial charge is 0.307 e. The van der Waals surface area contributed by atoms with Gasteiger partial charge in [-0.15, -0.1) is 0 Å². The van der Waals surface area contributed by atoms with Gasteiger partial charge in [0.25, 0.3) is 6.43 Å². The van der Waals surface area contributed by atoms with Crippen LogP contribution in [-0.2, 0) is 11.2 Å². The molecule has 0 spiro atoms. The van der Waals surface area contributed by atoms with E-state index in [-0.39, 0.29) is 22.7 Å². The first-order valence-corrected chi connectivity index (χ1v) is 4.50. The summed E-state index contributed by atoms with van der Waals surface area (Å²) < 4.78 is 30.2. The number of aromatic nitrogens is 1. The molecule has 88 valence electrons. The molecule has 0 aliphatic rings. The summed E-state index contributed by atoms with van der Waals surface area (Å²) in [6.45, 7) is 1.40. The second kappa shape index (κ2) is 4.87. The van der Waals surface area contributed by atoms with Crippen LogP contribution in [0.4, 0.5) is 8.78 Å². The second-order valence-electron chi connectivity index (χ2n) is 3.19. The number of carboxylic acid groups (broad SMARTS) is 1. The minimum absolute atomic E-state index is 0.0341. The highest BCUT2D eigenvalue weighted by Crippen LogP contribution is 2.28. The summed E-state index contributed by atoms with van der Waals surface area (Å²) in [5, 5.41) is 8.62. The lowest BCUT2D eigenvalue weighted by Gasteiger charge is -2.11. The Bertz CT molecular complexity index is 407. The lowest BCUT2D eigenvalue weighted by molar-refractivity contribution is -0.136. The lowest BCUT2D eigenvalue weighted by Crippen LogP contribution is -2.08. The maximum Gasteiger partial charge on any atom is 0.307 e. The SMILES string of the molecule is COc1cc(CC(=O)O)c(C(F)F)c(C)n1. The lowest BCUT2D eigenvalue weighted by atomic mass is 10.0. The third kappa shape index (κ3) is 2.65. The maximum atomic E-state index is 12.7. The third-order valence-corrected chi connectivity index (χ3v) is 2.08. The van der Waals surface area contributed by atoms with E-state index < -0.39 is 18.8 Å². The molecule has 0 bridgehead atoms. The molecule has 0 aliphatic carbocycles. The van der Waals surface area contributed by atoms with Crippen LogP contribution >= 0.6 is 0 Å². The zero-order valence-electron chi connectivity index (χ0n) is 8.83. The van der Waals surface area contributed by atoms with Crippen LogP contribution in [0.3, 0.4) is 0 Å². The normalized spacial score (nSPS) is 10.6. The fourth-order valence-corrected chi connectivity index (χ4v) is 1.43. The van der Waals surface area contributed by atoms with E-state index in [0.29, 0.717) is 0 Å². The number of nitrogens with zero attached hydrogens (tertiary/aromatic N) is 1. The van der Waals surface area contributed by atoms with E-state index in [9.17, 15) is 13.6 Å². The Hall–Kier alpha value is -1.72. The minimum atomic E-state index is -2.74. The van der Waals surface area contributed by atoms with Crippen molar-refractivity contribution in [3.8, 4) is 5.88 Å². The highest BCUT2D eigenvalue weighted by molar-refractivity contribution is 5.71. The van der Waals surface area contributed by atoms with Crippen molar-refractivity contribution in [1.82, 2.24) is 4.98 Å². The van der Waals surface area contributed by atoms with Crippen LogP contribution in [0.2, 0.25) is 0 Å². The van der Waals surface area contributed by atoms with Crippen molar-refractivity contribution in [2.45, 2.75) is 19.8 Å². The molecule has 0 radical (unpaired) electrons. The molecule has 0 aromatic carbocycles. The molecule has 0 saturated carbocycles. The number of carboxylic acids is 1. The fraction of sp³-hybridized carbons (Fsp3) is 0.400. The van der Waals surface area contributed by atoms with Gasteiger partial charge in [-0.1, -0.05) is 0 Å². The Balaban J connectivity index is 3.28. The molecule has 0 saturated heterocycles. The van der Waals surface area contributed by atoms with Crippen LogP contribution in [0.25, 0.3) is 0 Å². The van der Waals surface area contributed by atoms with Crippen molar-refractivity contribution in [1.29, 1.82) is 0 Å². The molecule has 1 aromatic heterocycles. The van der Waals surface area contributed by atoms with E-state index >= 15 is 0 Å². The van der Waals surface area contributed by atoms with Crippen molar-refractivity contribution >= 4 is 5.97 Å². The number of aliphatic carboxylic acids is 1. The number of aryl methyl sites for hydroxylation is 1. The Morgan fingerprint density at radius 2 is 2.25 bits per heavy atom. The third-order valence-electron chi connectivity index (χ3n) is 2.08. The standard InChI is InChI=1S/C10H11F2NO3/c1-5-9(10(11)12)6(4-8(14)15)3-7(13-5)16-2/h3,10H,4H2,1-2H3,(H,14,15). The van der Waals surface area contributed by atoms with Gasteiger partial charge in [0, 0.05) is 11.6 Å². The zero-order valence-corrected chi connectivity index (χ0v) is 8.83. The van der Waals surface area contributed by atoms with Crippen molar-refractivity contribution in [2.24, 2.45) is 0 Å². The van der Waals surface area contributed by atoms with Gasteiger partial charge >= 0.3 is 5.97 Å². The van der Waals surface area contributed by atoms with Gasteiger partial charge < -0.3 is 9.84 Å². The summed E-state index contributed by atoms with van der Waals surface area (Å²) in [5.41, 5.74) is -0.208. The Morgan fingerprint density at radius 3 is 2.69 bits per heavy atom. The van der Waals surface area contributed by atoms with Gasteiger partial charge in [0.05, 0.1) is 19.2 Å². The van der Waals surface area contributed by atoms with Crippen molar-refractivity contribution in [3.63, 3.8) is 0 Å². The van der Waals surface area contributed by atoms with Crippen molar-refractivity contribution < 1.29 is 23.4 Å². The highest BCUT2D eigenvalue weighted by Gasteiger charge is 2.20. The number of halogens is 2. The Kier molecular flexibility index (Phi) is 3.76. The molecule has 1 rings (SSSR count). The summed E-state index contributed by atoms with van der Waals surface area (Å²) in [7, 11) is 1.34. The van der Waals surface area contributed by atoms with Crippen LogP contribution in [0.1, 0.15) is 23.2 Å². The van der Waals surface area contributed by atoms with Crippen LogP contribution in [-0.4, -0.2) is 23.2 Å². The maximum absolute atomic E-state index is 12.7. The average molecular weight is 231 g/mol. The van der Waals surface area contributed by atoms with Gasteiger partial charge in [0.15, 0.2) is 0 Å². The van der Waals surface area contributed by atoms with Gasteiger partial charge in [-0.3, -0.25) is 4.79 Å². The van der Waals surface area contributed by atoms with E-state index in [1.165, 1.54) is 20.1 Å². The minimum Gasteiger partial charge on any atom is -0.481 e. The number of alkyl halides is 2. The van der Waals surface area contributed by atoms with E-state index in [0.717, 1.165) is 0 Å². The van der Waals surface area contributed by atoms with Gasteiger partial charge in [-0.05, 0) is 12.5 Å². The first-order chi connectivity index (χ1) is 7.45. The van der Waals surface area contributed by atoms with Crippen LogP contribution in [0.15, 0.2) is 6.07 Å². The summed E-state index contributed by atoms with van der Waals surface area (Å²) >= 11 is 0. The first kappa shape index (κ1) is 12.4. The molecular weight excluding hydrogens is 220 g/mol. The number of carbonyl (C=O) groups is 1. The molecule has 6 heteroatoms. The van der Waals surface area contributed by atoms with Crippen LogP contribution < -0.4 is 4.74 Å². The molecular formula is C10H11F2NO3. The summed E-state index contributed by atoms with van der Waals surface area (Å²) in [6.07, 6.45) is -3.22. The molecule has 0 unspecified atom stereocenters. The topological polar surface area (TPSA) is 59.4 Å². The van der Waals surface area contributed by atoms with Gasteiger partial charge in [-0.25, -0.2) is 13.8 Å². The molecule has 4 nitrogen and oxygen atoms in total. The molecule has 1 aromatic rings. The van der Waals surface area contributed by atoms with E-state index in [1.54, 1.807) is 0 Å². The monoisotopic (exact) mass is 231 g/mol. The molecule has 16 heavy (non-hydrogen) atoms. The number of hydrogen-bond acceptors (Lipinski definition) is 3. The molecule has 0 atom stereocenters. The van der Waals surface area contributed by atoms with Crippen molar-refractivity contribution in [3.05, 3.63) is 22.9 Å². The molecule has 1 heterocycles. The van der Waals surface area contributed by atoms with Gasteiger partial charge in [0.2, 0.25) is 5.88 Å². The van der Waals surface area contributed by atoms with E-state index in [1.807, 2.05) is 0 Å². The Labute approximate surface area is 90.9 Å². The van der Waals surface area contributed by atoms with Gasteiger partial charge in [0.1, 0.15) is 0 Å². The average Bonchev–Trinajstić information content (AvgIpc) is 2.14. The van der Waals surface area contributed by atoms with Crippen molar-refractivity contribution in [2.75, 3.05) is 7.11 Å². The quantitative estimate of drug-likeness (QED) is 0.860. The predicted molar refractivity (Wildman–Crippen MR) is 51.8 cm³/mol. The van der Waals surface area contributed by atoms with Crippen LogP contribution in [0.5, 0.6) is 5.88 Å². The molecule has 1 N–H and O–H groups in total. The van der Waals surface area contributed by atoms with E-state index in [2.05, 4.69) is 4.98 Å². The summed E-state index contributed by atoms with van der Waals surface area (Å²) in [6, 6.07) is 1.22. The molecule has 0 aliphatic heterocycles. The highest BCUT2D eigenvalue weighted by atomic mass is 19.3. The fourth-order valence-electron chi connectivity index (χ4n) is 1.43. The van der Waals surface area contributed by atoms with Gasteiger partial charge in [-0.2, -0.15) is 0 Å². The van der Waals surface area contributed by atoms with E-state index in [4.69, 9.17) is 9.84 Å². The number of methoxy groups -OCH3 is 1. The van der Waals surface area contributed by atoms with Crippen LogP contribution in [0, 0.1) is 6.92 Å². The number of hydrogen-bond donors (Lipinski definition) is 1. The number of pyridine rings is 1.